The normalized spacial score (nSPS) is 20.0. The van der Waals surface area contributed by atoms with E-state index in [2.05, 4.69) is 15.2 Å². The molecule has 6 nitrogen and oxygen atoms in total. The van der Waals surface area contributed by atoms with Crippen molar-refractivity contribution in [3.63, 3.8) is 0 Å². The first-order valence-electron chi connectivity index (χ1n) is 9.98. The van der Waals surface area contributed by atoms with Crippen molar-refractivity contribution in [2.24, 2.45) is 0 Å². The Morgan fingerprint density at radius 3 is 2.62 bits per heavy atom. The summed E-state index contributed by atoms with van der Waals surface area (Å²) in [6.45, 7) is 7.96. The number of carbonyl (C=O) groups is 1. The Labute approximate surface area is 170 Å². The Morgan fingerprint density at radius 2 is 1.86 bits per heavy atom. The van der Waals surface area contributed by atoms with Crippen LogP contribution in [-0.2, 0) is 9.53 Å². The standard InChI is InChI=1S/C23H26N4O2/c1-15-8-9-18(22-11-24-19-6-4-5-7-20(19)25-22)10-21(15)26-23(28)14-27-12-16(2)29-17(3)13-27/h4-11,16-17H,12-14H2,1-3H3,(H,26,28)/t16-,17-/m0/s1. The topological polar surface area (TPSA) is 67.4 Å². The molecule has 0 saturated carbocycles. The average Bonchev–Trinajstić information content (AvgIpc) is 2.68. The van der Waals surface area contributed by atoms with Crippen LogP contribution in [-0.4, -0.2) is 52.6 Å². The minimum Gasteiger partial charge on any atom is -0.373 e. The van der Waals surface area contributed by atoms with Gasteiger partial charge in [0.25, 0.3) is 0 Å². The number of hydrogen-bond acceptors (Lipinski definition) is 5. The predicted octanol–water partition coefficient (Wildman–Crippen LogP) is 3.65. The largest absolute Gasteiger partial charge is 0.373 e. The molecule has 1 aliphatic rings. The van der Waals surface area contributed by atoms with Gasteiger partial charge in [-0.25, -0.2) is 4.98 Å². The summed E-state index contributed by atoms with van der Waals surface area (Å²) < 4.78 is 5.74. The Bertz CT molecular complexity index is 1030. The Morgan fingerprint density at radius 1 is 1.14 bits per heavy atom. The Kier molecular flexibility index (Phi) is 5.56. The lowest BCUT2D eigenvalue weighted by Crippen LogP contribution is -2.48. The SMILES string of the molecule is Cc1ccc(-c2cnc3ccccc3n2)cc1NC(=O)CN1C[C@H](C)O[C@@H](C)C1. The van der Waals surface area contributed by atoms with Gasteiger partial charge in [-0.05, 0) is 44.5 Å². The maximum atomic E-state index is 12.6. The maximum Gasteiger partial charge on any atom is 0.238 e. The van der Waals surface area contributed by atoms with Gasteiger partial charge in [0.15, 0.2) is 0 Å². The van der Waals surface area contributed by atoms with Crippen molar-refractivity contribution < 1.29 is 9.53 Å². The van der Waals surface area contributed by atoms with Gasteiger partial charge in [0.05, 0.1) is 41.7 Å². The lowest BCUT2D eigenvalue weighted by Gasteiger charge is -2.34. The zero-order valence-electron chi connectivity index (χ0n) is 17.1. The lowest BCUT2D eigenvalue weighted by atomic mass is 10.1. The fourth-order valence-corrected chi connectivity index (χ4v) is 3.82. The van der Waals surface area contributed by atoms with Crippen molar-refractivity contribution in [1.82, 2.24) is 14.9 Å². The van der Waals surface area contributed by atoms with Crippen LogP contribution in [0.1, 0.15) is 19.4 Å². The Balaban J connectivity index is 1.51. The van der Waals surface area contributed by atoms with Gasteiger partial charge >= 0.3 is 0 Å². The second kappa shape index (κ2) is 8.27. The number of amides is 1. The zero-order chi connectivity index (χ0) is 20.4. The summed E-state index contributed by atoms with van der Waals surface area (Å²) in [5.74, 6) is -0.0175. The number of anilines is 1. The van der Waals surface area contributed by atoms with Crippen LogP contribution >= 0.6 is 0 Å². The van der Waals surface area contributed by atoms with Crippen LogP contribution in [0.25, 0.3) is 22.3 Å². The third-order valence-electron chi connectivity index (χ3n) is 5.12. The first kappa shape index (κ1) is 19.5. The van der Waals surface area contributed by atoms with Gasteiger partial charge in [-0.15, -0.1) is 0 Å². The van der Waals surface area contributed by atoms with Crippen LogP contribution < -0.4 is 5.32 Å². The number of benzene rings is 2. The molecule has 2 aromatic carbocycles. The molecule has 1 aromatic heterocycles. The van der Waals surface area contributed by atoms with Crippen molar-refractivity contribution in [3.8, 4) is 11.3 Å². The third-order valence-corrected chi connectivity index (χ3v) is 5.12. The Hall–Kier alpha value is -2.83. The molecule has 2 heterocycles. The molecule has 3 aromatic rings. The van der Waals surface area contributed by atoms with E-state index in [1.807, 2.05) is 63.2 Å². The number of carbonyl (C=O) groups excluding carboxylic acids is 1. The molecular formula is C23H26N4O2. The molecule has 0 spiro atoms. The van der Waals surface area contributed by atoms with Gasteiger partial charge in [-0.1, -0.05) is 24.3 Å². The number of fused-ring (bicyclic) bond motifs is 1. The molecule has 29 heavy (non-hydrogen) atoms. The van der Waals surface area contributed by atoms with Crippen molar-refractivity contribution in [2.45, 2.75) is 33.0 Å². The van der Waals surface area contributed by atoms with E-state index in [1.54, 1.807) is 6.20 Å². The molecule has 1 amide bonds. The fraction of sp³-hybridized carbons (Fsp3) is 0.348. The van der Waals surface area contributed by atoms with Crippen molar-refractivity contribution in [2.75, 3.05) is 25.0 Å². The number of aryl methyl sites for hydroxylation is 1. The van der Waals surface area contributed by atoms with E-state index in [1.165, 1.54) is 0 Å². The molecule has 1 N–H and O–H groups in total. The number of rotatable bonds is 4. The minimum absolute atomic E-state index is 0.0175. The molecule has 1 fully saturated rings. The second-order valence-corrected chi connectivity index (χ2v) is 7.77. The highest BCUT2D eigenvalue weighted by Gasteiger charge is 2.23. The van der Waals surface area contributed by atoms with Crippen LogP contribution in [0.15, 0.2) is 48.7 Å². The smallest absolute Gasteiger partial charge is 0.238 e. The number of nitrogens with zero attached hydrogens (tertiary/aromatic N) is 3. The van der Waals surface area contributed by atoms with Gasteiger partial charge in [0.2, 0.25) is 5.91 Å². The highest BCUT2D eigenvalue weighted by Crippen LogP contribution is 2.25. The van der Waals surface area contributed by atoms with E-state index < -0.39 is 0 Å². The summed E-state index contributed by atoms with van der Waals surface area (Å²) >= 11 is 0. The predicted molar refractivity (Wildman–Crippen MR) is 115 cm³/mol. The number of ether oxygens (including phenoxy) is 1. The first-order valence-corrected chi connectivity index (χ1v) is 9.98. The van der Waals surface area contributed by atoms with Gasteiger partial charge in [0, 0.05) is 24.3 Å². The van der Waals surface area contributed by atoms with Crippen LogP contribution in [0.5, 0.6) is 0 Å². The summed E-state index contributed by atoms with van der Waals surface area (Å²) in [4.78, 5) is 24.0. The highest BCUT2D eigenvalue weighted by molar-refractivity contribution is 5.93. The van der Waals surface area contributed by atoms with E-state index in [0.717, 1.165) is 46.6 Å². The number of nitrogens with one attached hydrogen (secondary N) is 1. The van der Waals surface area contributed by atoms with Gasteiger partial charge in [-0.3, -0.25) is 14.7 Å². The molecule has 0 unspecified atom stereocenters. The summed E-state index contributed by atoms with van der Waals surface area (Å²) in [6.07, 6.45) is 2.06. The van der Waals surface area contributed by atoms with E-state index >= 15 is 0 Å². The number of hydrogen-bond donors (Lipinski definition) is 1. The van der Waals surface area contributed by atoms with Crippen LogP contribution in [0, 0.1) is 6.92 Å². The molecule has 0 radical (unpaired) electrons. The third kappa shape index (κ3) is 4.60. The van der Waals surface area contributed by atoms with Crippen molar-refractivity contribution >= 4 is 22.6 Å². The molecule has 6 heteroatoms. The molecule has 4 rings (SSSR count). The maximum absolute atomic E-state index is 12.6. The summed E-state index contributed by atoms with van der Waals surface area (Å²) in [5, 5.41) is 3.06. The van der Waals surface area contributed by atoms with Crippen LogP contribution in [0.2, 0.25) is 0 Å². The summed E-state index contributed by atoms with van der Waals surface area (Å²) in [5.41, 5.74) is 5.25. The molecular weight excluding hydrogens is 364 g/mol. The molecule has 2 atom stereocenters. The molecule has 0 bridgehead atoms. The number of aromatic nitrogens is 2. The van der Waals surface area contributed by atoms with E-state index in [4.69, 9.17) is 9.72 Å². The van der Waals surface area contributed by atoms with Crippen LogP contribution in [0.4, 0.5) is 5.69 Å². The minimum atomic E-state index is -0.0175. The molecule has 0 aliphatic carbocycles. The molecule has 1 aliphatic heterocycles. The van der Waals surface area contributed by atoms with Crippen molar-refractivity contribution in [1.29, 1.82) is 0 Å². The number of para-hydroxylation sites is 2. The van der Waals surface area contributed by atoms with Gasteiger partial charge in [0.1, 0.15) is 0 Å². The average molecular weight is 390 g/mol. The second-order valence-electron chi connectivity index (χ2n) is 7.77. The fourth-order valence-electron chi connectivity index (χ4n) is 3.82. The highest BCUT2D eigenvalue weighted by atomic mass is 16.5. The molecule has 1 saturated heterocycles. The zero-order valence-corrected chi connectivity index (χ0v) is 17.1. The quantitative estimate of drug-likeness (QED) is 0.736. The number of morpholine rings is 1. The first-order chi connectivity index (χ1) is 14.0. The van der Waals surface area contributed by atoms with Gasteiger partial charge < -0.3 is 10.1 Å². The van der Waals surface area contributed by atoms with Crippen LogP contribution in [0.3, 0.4) is 0 Å². The molecule has 150 valence electrons. The lowest BCUT2D eigenvalue weighted by molar-refractivity contribution is -0.121. The van der Waals surface area contributed by atoms with E-state index in [-0.39, 0.29) is 18.1 Å². The van der Waals surface area contributed by atoms with Crippen molar-refractivity contribution in [3.05, 3.63) is 54.2 Å². The monoisotopic (exact) mass is 390 g/mol. The van der Waals surface area contributed by atoms with E-state index in [9.17, 15) is 4.79 Å². The summed E-state index contributed by atoms with van der Waals surface area (Å²) in [6, 6.07) is 13.8. The van der Waals surface area contributed by atoms with Gasteiger partial charge in [-0.2, -0.15) is 0 Å². The van der Waals surface area contributed by atoms with E-state index in [0.29, 0.717) is 6.54 Å². The summed E-state index contributed by atoms with van der Waals surface area (Å²) in [7, 11) is 0.